The van der Waals surface area contributed by atoms with E-state index in [9.17, 15) is 8.78 Å². The Hall–Kier alpha value is -2.05. The first-order chi connectivity index (χ1) is 12.1. The summed E-state index contributed by atoms with van der Waals surface area (Å²) in [5.74, 6) is 1.74. The molecular weight excluding hydrogens is 328 g/mol. The minimum atomic E-state index is -2.90. The van der Waals surface area contributed by atoms with E-state index in [0.717, 1.165) is 6.42 Å². The zero-order valence-corrected chi connectivity index (χ0v) is 15.0. The fourth-order valence-electron chi connectivity index (χ4n) is 2.86. The van der Waals surface area contributed by atoms with Gasteiger partial charge in [-0.2, -0.15) is 8.78 Å². The highest BCUT2D eigenvalue weighted by Crippen LogP contribution is 2.35. The number of nitrogens with zero attached hydrogens (tertiary/aromatic N) is 1. The lowest BCUT2D eigenvalue weighted by atomic mass is 10.2. The Morgan fingerprint density at radius 3 is 2.80 bits per heavy atom. The first-order valence-corrected chi connectivity index (χ1v) is 8.75. The number of aliphatic imine (C=N–C) groups is 1. The standard InChI is InChI=1S/C18H27F2N3O2/c1-4-7-12-10-14(12)23-18(21-3)22-11-13-8-6-9-15(24-5-2)16(13)25-17(19)20/h6,8-9,12,14,17H,4-5,7,10-11H2,1-3H3,(H2,21,22,23). The van der Waals surface area contributed by atoms with E-state index in [1.165, 1.54) is 12.8 Å². The number of halogens is 2. The smallest absolute Gasteiger partial charge is 0.387 e. The number of rotatable bonds is 9. The van der Waals surface area contributed by atoms with Crippen LogP contribution in [0, 0.1) is 5.92 Å². The normalized spacial score (nSPS) is 19.7. The number of hydrogen-bond acceptors (Lipinski definition) is 3. The fourth-order valence-corrected chi connectivity index (χ4v) is 2.86. The maximum absolute atomic E-state index is 12.7. The topological polar surface area (TPSA) is 54.9 Å². The Labute approximate surface area is 147 Å². The van der Waals surface area contributed by atoms with Gasteiger partial charge in [0.1, 0.15) is 0 Å². The van der Waals surface area contributed by atoms with Crippen LogP contribution >= 0.6 is 0 Å². The molecule has 1 saturated carbocycles. The Bertz CT molecular complexity index is 581. The predicted octanol–water partition coefficient (Wildman–Crippen LogP) is 3.54. The van der Waals surface area contributed by atoms with Gasteiger partial charge in [0.05, 0.1) is 6.61 Å². The Morgan fingerprint density at radius 2 is 2.16 bits per heavy atom. The van der Waals surface area contributed by atoms with Gasteiger partial charge in [-0.3, -0.25) is 4.99 Å². The van der Waals surface area contributed by atoms with Crippen LogP contribution in [0.25, 0.3) is 0 Å². The highest BCUT2D eigenvalue weighted by Gasteiger charge is 2.36. The van der Waals surface area contributed by atoms with Gasteiger partial charge in [-0.25, -0.2) is 0 Å². The Balaban J connectivity index is 1.99. The minimum absolute atomic E-state index is 0.0672. The average Bonchev–Trinajstić information content (AvgIpc) is 3.31. The van der Waals surface area contributed by atoms with E-state index in [0.29, 0.717) is 42.4 Å². The number of alkyl halides is 2. The van der Waals surface area contributed by atoms with Crippen LogP contribution in [0.15, 0.2) is 23.2 Å². The summed E-state index contributed by atoms with van der Waals surface area (Å²) in [5.41, 5.74) is 0.593. The molecule has 1 aromatic rings. The van der Waals surface area contributed by atoms with Crippen molar-refractivity contribution in [1.82, 2.24) is 10.6 Å². The van der Waals surface area contributed by atoms with Crippen molar-refractivity contribution in [2.75, 3.05) is 13.7 Å². The lowest BCUT2D eigenvalue weighted by Crippen LogP contribution is -2.38. The monoisotopic (exact) mass is 355 g/mol. The van der Waals surface area contributed by atoms with Crippen molar-refractivity contribution in [2.24, 2.45) is 10.9 Å². The van der Waals surface area contributed by atoms with Crippen LogP contribution in [-0.4, -0.2) is 32.3 Å². The molecule has 2 rings (SSSR count). The lowest BCUT2D eigenvalue weighted by Gasteiger charge is -2.17. The van der Waals surface area contributed by atoms with Gasteiger partial charge in [-0.1, -0.05) is 25.5 Å². The largest absolute Gasteiger partial charge is 0.490 e. The second kappa shape index (κ2) is 9.44. The number of para-hydroxylation sites is 1. The van der Waals surface area contributed by atoms with Crippen molar-refractivity contribution in [1.29, 1.82) is 0 Å². The Morgan fingerprint density at radius 1 is 1.36 bits per heavy atom. The van der Waals surface area contributed by atoms with Gasteiger partial charge >= 0.3 is 6.61 Å². The van der Waals surface area contributed by atoms with Crippen LogP contribution in [0.1, 0.15) is 38.7 Å². The van der Waals surface area contributed by atoms with Crippen molar-refractivity contribution in [3.8, 4) is 11.5 Å². The summed E-state index contributed by atoms with van der Waals surface area (Å²) in [6.07, 6.45) is 3.53. The number of ether oxygens (including phenoxy) is 2. The van der Waals surface area contributed by atoms with Crippen LogP contribution in [0.4, 0.5) is 8.78 Å². The van der Waals surface area contributed by atoms with E-state index in [-0.39, 0.29) is 5.75 Å². The number of benzene rings is 1. The minimum Gasteiger partial charge on any atom is -0.490 e. The molecule has 0 radical (unpaired) electrons. The van der Waals surface area contributed by atoms with Crippen LogP contribution in [0.5, 0.6) is 11.5 Å². The summed E-state index contributed by atoms with van der Waals surface area (Å²) in [5, 5.41) is 6.53. The van der Waals surface area contributed by atoms with Crippen molar-refractivity contribution < 1.29 is 18.3 Å². The van der Waals surface area contributed by atoms with Crippen LogP contribution in [-0.2, 0) is 6.54 Å². The van der Waals surface area contributed by atoms with Gasteiger partial charge < -0.3 is 20.1 Å². The highest BCUT2D eigenvalue weighted by atomic mass is 19.3. The van der Waals surface area contributed by atoms with Gasteiger partial charge in [0.2, 0.25) is 0 Å². The molecule has 1 aromatic carbocycles. The Kier molecular flexibility index (Phi) is 7.28. The van der Waals surface area contributed by atoms with Gasteiger partial charge in [0.25, 0.3) is 0 Å². The van der Waals surface area contributed by atoms with Crippen LogP contribution < -0.4 is 20.1 Å². The first-order valence-electron chi connectivity index (χ1n) is 8.75. The number of hydrogen-bond donors (Lipinski definition) is 2. The third-order valence-electron chi connectivity index (χ3n) is 4.14. The van der Waals surface area contributed by atoms with E-state index < -0.39 is 6.61 Å². The zero-order valence-electron chi connectivity index (χ0n) is 15.0. The summed E-state index contributed by atoms with van der Waals surface area (Å²) in [7, 11) is 1.69. The van der Waals surface area contributed by atoms with Gasteiger partial charge in [-0.05, 0) is 31.7 Å². The predicted molar refractivity (Wildman–Crippen MR) is 94.4 cm³/mol. The molecule has 7 heteroatoms. The van der Waals surface area contributed by atoms with E-state index in [1.54, 1.807) is 32.2 Å². The summed E-state index contributed by atoms with van der Waals surface area (Å²) < 4.78 is 35.6. The van der Waals surface area contributed by atoms with E-state index >= 15 is 0 Å². The summed E-state index contributed by atoms with van der Waals surface area (Å²) >= 11 is 0. The maximum atomic E-state index is 12.7. The molecule has 0 aliphatic heterocycles. The molecule has 1 fully saturated rings. The molecule has 0 amide bonds. The molecule has 140 valence electrons. The van der Waals surface area contributed by atoms with Crippen molar-refractivity contribution >= 4 is 5.96 Å². The molecule has 0 bridgehead atoms. The summed E-state index contributed by atoms with van der Waals surface area (Å²) in [4.78, 5) is 4.20. The number of guanidine groups is 1. The first kappa shape index (κ1) is 19.3. The van der Waals surface area contributed by atoms with E-state index in [1.807, 2.05) is 0 Å². The van der Waals surface area contributed by atoms with Gasteiger partial charge in [-0.15, -0.1) is 0 Å². The number of nitrogens with one attached hydrogen (secondary N) is 2. The maximum Gasteiger partial charge on any atom is 0.387 e. The highest BCUT2D eigenvalue weighted by molar-refractivity contribution is 5.80. The van der Waals surface area contributed by atoms with Crippen molar-refractivity contribution in [2.45, 2.75) is 52.3 Å². The van der Waals surface area contributed by atoms with Crippen molar-refractivity contribution in [3.63, 3.8) is 0 Å². The molecule has 25 heavy (non-hydrogen) atoms. The zero-order chi connectivity index (χ0) is 18.2. The quantitative estimate of drug-likeness (QED) is 0.525. The summed E-state index contributed by atoms with van der Waals surface area (Å²) in [6.45, 7) is 1.76. The molecule has 2 unspecified atom stereocenters. The fraction of sp³-hybridized carbons (Fsp3) is 0.611. The SMILES string of the molecule is CCCC1CC1NC(=NC)NCc1cccc(OCC)c1OC(F)F. The molecule has 1 aliphatic rings. The van der Waals surface area contributed by atoms with Gasteiger partial charge in [0.15, 0.2) is 17.5 Å². The van der Waals surface area contributed by atoms with Crippen LogP contribution in [0.2, 0.25) is 0 Å². The molecule has 1 aliphatic carbocycles. The molecule has 0 saturated heterocycles. The molecule has 0 spiro atoms. The third-order valence-corrected chi connectivity index (χ3v) is 4.14. The van der Waals surface area contributed by atoms with Gasteiger partial charge in [0, 0.05) is 25.2 Å². The molecule has 0 heterocycles. The summed E-state index contributed by atoms with van der Waals surface area (Å²) in [6, 6.07) is 5.56. The second-order valence-electron chi connectivity index (χ2n) is 6.02. The molecule has 2 atom stereocenters. The third kappa shape index (κ3) is 5.76. The van der Waals surface area contributed by atoms with Crippen LogP contribution in [0.3, 0.4) is 0 Å². The molecule has 2 N–H and O–H groups in total. The van der Waals surface area contributed by atoms with E-state index in [2.05, 4.69) is 27.3 Å². The van der Waals surface area contributed by atoms with Crippen molar-refractivity contribution in [3.05, 3.63) is 23.8 Å². The second-order valence-corrected chi connectivity index (χ2v) is 6.02. The van der Waals surface area contributed by atoms with E-state index in [4.69, 9.17) is 4.74 Å². The molecule has 5 nitrogen and oxygen atoms in total. The molecule has 0 aromatic heterocycles. The molecular formula is C18H27F2N3O2. The average molecular weight is 355 g/mol. The lowest BCUT2D eigenvalue weighted by molar-refractivity contribution is -0.0520.